The Morgan fingerprint density at radius 2 is 2.14 bits per heavy atom. The predicted octanol–water partition coefficient (Wildman–Crippen LogP) is 1.56. The molecule has 1 unspecified atom stereocenters. The van der Waals surface area contributed by atoms with Gasteiger partial charge in [-0.25, -0.2) is 0 Å². The van der Waals surface area contributed by atoms with Crippen molar-refractivity contribution in [2.24, 2.45) is 5.73 Å². The molecule has 1 fully saturated rings. The Labute approximate surface area is 86.4 Å². The lowest BCUT2D eigenvalue weighted by Gasteiger charge is -2.19. The number of hydrogen-bond acceptors (Lipinski definition) is 2. The molecule has 1 aliphatic carbocycles. The van der Waals surface area contributed by atoms with Crippen LogP contribution in [0.3, 0.4) is 0 Å². The van der Waals surface area contributed by atoms with Gasteiger partial charge in [-0.05, 0) is 19.3 Å². The molecule has 3 heteroatoms. The molecule has 0 aliphatic heterocycles. The summed E-state index contributed by atoms with van der Waals surface area (Å²) in [4.78, 5) is 11.2. The number of nitrogens with two attached hydrogens (primary N) is 1. The SMILES string of the molecule is CCCCC(NC1CCCC1)C(N)=O. The van der Waals surface area contributed by atoms with E-state index in [1.807, 2.05) is 0 Å². The molecule has 1 atom stereocenters. The molecule has 0 bridgehead atoms. The maximum atomic E-state index is 11.2. The molecule has 0 radical (unpaired) electrons. The van der Waals surface area contributed by atoms with Gasteiger partial charge in [-0.15, -0.1) is 0 Å². The van der Waals surface area contributed by atoms with Gasteiger partial charge in [-0.2, -0.15) is 0 Å². The second-order valence-electron chi connectivity index (χ2n) is 4.25. The van der Waals surface area contributed by atoms with Crippen LogP contribution in [0.5, 0.6) is 0 Å². The zero-order chi connectivity index (χ0) is 10.4. The molecule has 1 aliphatic rings. The number of primary amides is 1. The van der Waals surface area contributed by atoms with Gasteiger partial charge in [0.05, 0.1) is 6.04 Å². The van der Waals surface area contributed by atoms with Crippen molar-refractivity contribution in [3.8, 4) is 0 Å². The number of nitrogens with one attached hydrogen (secondary N) is 1. The van der Waals surface area contributed by atoms with E-state index in [9.17, 15) is 4.79 Å². The molecule has 0 saturated heterocycles. The molecular weight excluding hydrogens is 176 g/mol. The summed E-state index contributed by atoms with van der Waals surface area (Å²) >= 11 is 0. The van der Waals surface area contributed by atoms with E-state index in [0.29, 0.717) is 6.04 Å². The first kappa shape index (κ1) is 11.5. The Bertz CT molecular complexity index is 176. The molecule has 0 aromatic rings. The summed E-state index contributed by atoms with van der Waals surface area (Å²) in [5.41, 5.74) is 5.35. The average Bonchev–Trinajstić information content (AvgIpc) is 2.64. The minimum Gasteiger partial charge on any atom is -0.368 e. The van der Waals surface area contributed by atoms with E-state index in [1.165, 1.54) is 25.7 Å². The van der Waals surface area contributed by atoms with Gasteiger partial charge in [0.25, 0.3) is 0 Å². The predicted molar refractivity (Wildman–Crippen MR) is 57.9 cm³/mol. The molecule has 0 spiro atoms. The van der Waals surface area contributed by atoms with Crippen molar-refractivity contribution < 1.29 is 4.79 Å². The zero-order valence-electron chi connectivity index (χ0n) is 9.09. The number of unbranched alkanes of at least 4 members (excludes halogenated alkanes) is 1. The van der Waals surface area contributed by atoms with Gasteiger partial charge < -0.3 is 11.1 Å². The van der Waals surface area contributed by atoms with Crippen LogP contribution in [0.4, 0.5) is 0 Å². The first-order chi connectivity index (χ1) is 6.74. The fourth-order valence-electron chi connectivity index (χ4n) is 2.09. The topological polar surface area (TPSA) is 55.1 Å². The lowest BCUT2D eigenvalue weighted by Crippen LogP contribution is -2.45. The van der Waals surface area contributed by atoms with Gasteiger partial charge in [0.2, 0.25) is 5.91 Å². The summed E-state index contributed by atoms with van der Waals surface area (Å²) in [6.07, 6.45) is 8.07. The summed E-state index contributed by atoms with van der Waals surface area (Å²) < 4.78 is 0. The largest absolute Gasteiger partial charge is 0.368 e. The first-order valence-corrected chi connectivity index (χ1v) is 5.79. The number of amides is 1. The maximum Gasteiger partial charge on any atom is 0.234 e. The van der Waals surface area contributed by atoms with Crippen molar-refractivity contribution >= 4 is 5.91 Å². The third-order valence-corrected chi connectivity index (χ3v) is 2.98. The van der Waals surface area contributed by atoms with Crippen LogP contribution >= 0.6 is 0 Å². The lowest BCUT2D eigenvalue weighted by molar-refractivity contribution is -0.120. The van der Waals surface area contributed by atoms with Crippen LogP contribution in [0.15, 0.2) is 0 Å². The minimum absolute atomic E-state index is 0.0990. The normalized spacial score (nSPS) is 19.8. The molecule has 1 amide bonds. The van der Waals surface area contributed by atoms with Crippen LogP contribution in [-0.2, 0) is 4.79 Å². The van der Waals surface area contributed by atoms with Crippen molar-refractivity contribution in [3.63, 3.8) is 0 Å². The van der Waals surface area contributed by atoms with Crippen LogP contribution in [0.2, 0.25) is 0 Å². The van der Waals surface area contributed by atoms with E-state index >= 15 is 0 Å². The number of hydrogen-bond donors (Lipinski definition) is 2. The summed E-state index contributed by atoms with van der Waals surface area (Å²) in [5.74, 6) is -0.189. The van der Waals surface area contributed by atoms with Crippen LogP contribution in [0, 0.1) is 0 Å². The second-order valence-corrected chi connectivity index (χ2v) is 4.25. The molecule has 82 valence electrons. The van der Waals surface area contributed by atoms with E-state index in [4.69, 9.17) is 5.73 Å². The van der Waals surface area contributed by atoms with Crippen LogP contribution in [0.1, 0.15) is 51.9 Å². The highest BCUT2D eigenvalue weighted by Crippen LogP contribution is 2.18. The number of rotatable bonds is 6. The van der Waals surface area contributed by atoms with E-state index in [0.717, 1.165) is 19.3 Å². The van der Waals surface area contributed by atoms with Gasteiger partial charge in [-0.3, -0.25) is 4.79 Å². The van der Waals surface area contributed by atoms with Crippen molar-refractivity contribution in [3.05, 3.63) is 0 Å². The highest BCUT2D eigenvalue weighted by molar-refractivity contribution is 5.79. The Balaban J connectivity index is 2.30. The van der Waals surface area contributed by atoms with Gasteiger partial charge in [-0.1, -0.05) is 32.6 Å². The van der Waals surface area contributed by atoms with Crippen molar-refractivity contribution in [1.82, 2.24) is 5.32 Å². The van der Waals surface area contributed by atoms with Crippen LogP contribution in [0.25, 0.3) is 0 Å². The van der Waals surface area contributed by atoms with Crippen molar-refractivity contribution in [2.75, 3.05) is 0 Å². The van der Waals surface area contributed by atoms with E-state index in [-0.39, 0.29) is 11.9 Å². The van der Waals surface area contributed by atoms with Crippen molar-refractivity contribution in [1.29, 1.82) is 0 Å². The highest BCUT2D eigenvalue weighted by atomic mass is 16.1. The Hall–Kier alpha value is -0.570. The number of carbonyl (C=O) groups is 1. The Kier molecular flexibility index (Phi) is 4.94. The highest BCUT2D eigenvalue weighted by Gasteiger charge is 2.21. The van der Waals surface area contributed by atoms with E-state index in [2.05, 4.69) is 12.2 Å². The average molecular weight is 198 g/mol. The molecule has 14 heavy (non-hydrogen) atoms. The van der Waals surface area contributed by atoms with E-state index < -0.39 is 0 Å². The van der Waals surface area contributed by atoms with Gasteiger partial charge in [0.15, 0.2) is 0 Å². The van der Waals surface area contributed by atoms with Crippen molar-refractivity contribution in [2.45, 2.75) is 64.0 Å². The zero-order valence-corrected chi connectivity index (χ0v) is 9.09. The fourth-order valence-corrected chi connectivity index (χ4v) is 2.09. The molecule has 1 rings (SSSR count). The van der Waals surface area contributed by atoms with Gasteiger partial charge >= 0.3 is 0 Å². The van der Waals surface area contributed by atoms with Crippen LogP contribution < -0.4 is 11.1 Å². The monoisotopic (exact) mass is 198 g/mol. The molecule has 0 aromatic carbocycles. The van der Waals surface area contributed by atoms with Crippen LogP contribution in [-0.4, -0.2) is 18.0 Å². The molecule has 3 N–H and O–H groups in total. The Morgan fingerprint density at radius 3 is 2.64 bits per heavy atom. The summed E-state index contributed by atoms with van der Waals surface area (Å²) in [7, 11) is 0. The van der Waals surface area contributed by atoms with Gasteiger partial charge in [0, 0.05) is 6.04 Å². The summed E-state index contributed by atoms with van der Waals surface area (Å²) in [5, 5.41) is 3.38. The quantitative estimate of drug-likeness (QED) is 0.680. The minimum atomic E-state index is -0.189. The first-order valence-electron chi connectivity index (χ1n) is 5.79. The van der Waals surface area contributed by atoms with Gasteiger partial charge in [0.1, 0.15) is 0 Å². The third-order valence-electron chi connectivity index (χ3n) is 2.98. The smallest absolute Gasteiger partial charge is 0.234 e. The lowest BCUT2D eigenvalue weighted by atomic mass is 10.1. The van der Waals surface area contributed by atoms with E-state index in [1.54, 1.807) is 0 Å². The maximum absolute atomic E-state index is 11.2. The summed E-state index contributed by atoms with van der Waals surface area (Å²) in [6.45, 7) is 2.13. The molecular formula is C11H22N2O. The second kappa shape index (κ2) is 6.02. The third kappa shape index (κ3) is 3.66. The number of carbonyl (C=O) groups excluding carboxylic acids is 1. The Morgan fingerprint density at radius 1 is 1.50 bits per heavy atom. The molecule has 3 nitrogen and oxygen atoms in total. The molecule has 0 heterocycles. The molecule has 0 aromatic heterocycles. The molecule has 1 saturated carbocycles. The standard InChI is InChI=1S/C11H22N2O/c1-2-3-8-10(11(12)14)13-9-6-4-5-7-9/h9-10,13H,2-8H2,1H3,(H2,12,14). The summed E-state index contributed by atoms with van der Waals surface area (Å²) in [6, 6.07) is 0.433. The fraction of sp³-hybridized carbons (Fsp3) is 0.909.